The van der Waals surface area contributed by atoms with Crippen molar-refractivity contribution in [1.29, 1.82) is 0 Å². The lowest BCUT2D eigenvalue weighted by Crippen LogP contribution is -2.34. The summed E-state index contributed by atoms with van der Waals surface area (Å²) in [6.07, 6.45) is 3.72. The number of halogens is 1. The van der Waals surface area contributed by atoms with Crippen molar-refractivity contribution in [3.63, 3.8) is 0 Å². The van der Waals surface area contributed by atoms with Gasteiger partial charge in [-0.2, -0.15) is 0 Å². The number of aromatic nitrogens is 2. The Morgan fingerprint density at radius 3 is 2.62 bits per heavy atom. The van der Waals surface area contributed by atoms with Crippen molar-refractivity contribution in [2.24, 2.45) is 0 Å². The number of aryl methyl sites for hydroxylation is 1. The van der Waals surface area contributed by atoms with Gasteiger partial charge in [-0.1, -0.05) is 42.5 Å². The van der Waals surface area contributed by atoms with Crippen molar-refractivity contribution in [3.05, 3.63) is 89.3 Å². The van der Waals surface area contributed by atoms with E-state index < -0.39 is 0 Å². The molecule has 1 heterocycles. The van der Waals surface area contributed by atoms with E-state index in [0.717, 1.165) is 23.5 Å². The van der Waals surface area contributed by atoms with Crippen molar-refractivity contribution in [3.8, 4) is 0 Å². The SMILES string of the molecule is Cc1nccn1Cc1cccc(CNC(=O)NCc2ccccc2F)c1. The molecule has 6 heteroatoms. The second kappa shape index (κ2) is 8.29. The summed E-state index contributed by atoms with van der Waals surface area (Å²) >= 11 is 0. The molecule has 0 aliphatic heterocycles. The molecule has 0 aliphatic rings. The predicted molar refractivity (Wildman–Crippen MR) is 98.0 cm³/mol. The van der Waals surface area contributed by atoms with Gasteiger partial charge in [-0.15, -0.1) is 0 Å². The Hall–Kier alpha value is -3.15. The first-order valence-electron chi connectivity index (χ1n) is 8.42. The number of urea groups is 1. The molecule has 26 heavy (non-hydrogen) atoms. The molecule has 5 nitrogen and oxygen atoms in total. The second-order valence-electron chi connectivity index (χ2n) is 6.05. The van der Waals surface area contributed by atoms with E-state index in [0.29, 0.717) is 12.1 Å². The Morgan fingerprint density at radius 1 is 1.08 bits per heavy atom. The van der Waals surface area contributed by atoms with Crippen molar-refractivity contribution in [2.45, 2.75) is 26.6 Å². The Balaban J connectivity index is 1.51. The molecule has 2 aromatic carbocycles. The van der Waals surface area contributed by atoms with Crippen molar-refractivity contribution in [1.82, 2.24) is 20.2 Å². The Kier molecular flexibility index (Phi) is 5.63. The number of carbonyl (C=O) groups is 1. The standard InChI is InChI=1S/C20H21FN4O/c1-15-22-9-10-25(15)14-17-6-4-5-16(11-17)12-23-20(26)24-13-18-7-2-3-8-19(18)21/h2-11H,12-14H2,1H3,(H2,23,24,26). The fraction of sp³-hybridized carbons (Fsp3) is 0.200. The first-order valence-corrected chi connectivity index (χ1v) is 8.42. The maximum absolute atomic E-state index is 13.5. The maximum Gasteiger partial charge on any atom is 0.315 e. The third kappa shape index (κ3) is 4.69. The number of carbonyl (C=O) groups excluding carboxylic acids is 1. The number of benzene rings is 2. The fourth-order valence-electron chi connectivity index (χ4n) is 2.67. The van der Waals surface area contributed by atoms with E-state index in [9.17, 15) is 9.18 Å². The largest absolute Gasteiger partial charge is 0.334 e. The van der Waals surface area contributed by atoms with Crippen molar-refractivity contribution < 1.29 is 9.18 Å². The highest BCUT2D eigenvalue weighted by Crippen LogP contribution is 2.09. The number of nitrogens with zero attached hydrogens (tertiary/aromatic N) is 2. The van der Waals surface area contributed by atoms with Gasteiger partial charge in [0.1, 0.15) is 11.6 Å². The topological polar surface area (TPSA) is 59.0 Å². The van der Waals surface area contributed by atoms with Gasteiger partial charge in [0.15, 0.2) is 0 Å². The van der Waals surface area contributed by atoms with Gasteiger partial charge in [-0.3, -0.25) is 0 Å². The van der Waals surface area contributed by atoms with Gasteiger partial charge in [-0.05, 0) is 24.1 Å². The van der Waals surface area contributed by atoms with Crippen LogP contribution in [0.2, 0.25) is 0 Å². The summed E-state index contributed by atoms with van der Waals surface area (Å²) in [5.41, 5.74) is 2.60. The summed E-state index contributed by atoms with van der Waals surface area (Å²) in [4.78, 5) is 16.1. The smallest absolute Gasteiger partial charge is 0.315 e. The molecule has 3 aromatic rings. The number of hydrogen-bond donors (Lipinski definition) is 2. The second-order valence-corrected chi connectivity index (χ2v) is 6.05. The van der Waals surface area contributed by atoms with Crippen LogP contribution in [-0.2, 0) is 19.6 Å². The molecule has 0 saturated heterocycles. The number of hydrogen-bond acceptors (Lipinski definition) is 2. The molecule has 0 fully saturated rings. The number of nitrogens with one attached hydrogen (secondary N) is 2. The lowest BCUT2D eigenvalue weighted by Gasteiger charge is -2.10. The van der Waals surface area contributed by atoms with Crippen LogP contribution in [0.1, 0.15) is 22.5 Å². The van der Waals surface area contributed by atoms with Crippen LogP contribution in [0.25, 0.3) is 0 Å². The Morgan fingerprint density at radius 2 is 1.85 bits per heavy atom. The molecule has 0 saturated carbocycles. The van der Waals surface area contributed by atoms with Gasteiger partial charge in [0, 0.05) is 37.6 Å². The predicted octanol–water partition coefficient (Wildman–Crippen LogP) is 3.38. The van der Waals surface area contributed by atoms with Crippen LogP contribution in [-0.4, -0.2) is 15.6 Å². The van der Waals surface area contributed by atoms with E-state index >= 15 is 0 Å². The van der Waals surface area contributed by atoms with Gasteiger partial charge in [0.2, 0.25) is 0 Å². The van der Waals surface area contributed by atoms with E-state index in [-0.39, 0.29) is 18.4 Å². The molecule has 0 bridgehead atoms. The molecule has 2 amide bonds. The lowest BCUT2D eigenvalue weighted by molar-refractivity contribution is 0.240. The minimum Gasteiger partial charge on any atom is -0.334 e. The van der Waals surface area contributed by atoms with E-state index in [2.05, 4.69) is 26.3 Å². The maximum atomic E-state index is 13.5. The lowest BCUT2D eigenvalue weighted by atomic mass is 10.1. The highest BCUT2D eigenvalue weighted by Gasteiger charge is 2.05. The van der Waals surface area contributed by atoms with Crippen molar-refractivity contribution in [2.75, 3.05) is 0 Å². The van der Waals surface area contributed by atoms with E-state index in [1.165, 1.54) is 6.07 Å². The fourth-order valence-corrected chi connectivity index (χ4v) is 2.67. The zero-order valence-electron chi connectivity index (χ0n) is 14.6. The minimum atomic E-state index is -0.330. The molecular formula is C20H21FN4O. The summed E-state index contributed by atoms with van der Waals surface area (Å²) in [5.74, 6) is 0.636. The van der Waals surface area contributed by atoms with Crippen LogP contribution in [0, 0.1) is 12.7 Å². The number of amides is 2. The molecule has 2 N–H and O–H groups in total. The van der Waals surface area contributed by atoms with Crippen LogP contribution in [0.3, 0.4) is 0 Å². The van der Waals surface area contributed by atoms with Gasteiger partial charge in [0.25, 0.3) is 0 Å². The molecular weight excluding hydrogens is 331 g/mol. The summed E-state index contributed by atoms with van der Waals surface area (Å²) in [6, 6.07) is 14.1. The van der Waals surface area contributed by atoms with E-state index in [4.69, 9.17) is 0 Å². The average Bonchev–Trinajstić information content (AvgIpc) is 3.04. The Bertz CT molecular complexity index is 891. The van der Waals surface area contributed by atoms with Crippen LogP contribution in [0.4, 0.5) is 9.18 Å². The molecule has 1 aromatic heterocycles. The first kappa shape index (κ1) is 17.7. The summed E-state index contributed by atoms with van der Waals surface area (Å²) in [6.45, 7) is 3.25. The van der Waals surface area contributed by atoms with Crippen LogP contribution >= 0.6 is 0 Å². The molecule has 0 unspecified atom stereocenters. The van der Waals surface area contributed by atoms with Crippen LogP contribution < -0.4 is 10.6 Å². The zero-order valence-corrected chi connectivity index (χ0v) is 14.6. The third-order valence-corrected chi connectivity index (χ3v) is 4.12. The highest BCUT2D eigenvalue weighted by molar-refractivity contribution is 5.73. The quantitative estimate of drug-likeness (QED) is 0.714. The zero-order chi connectivity index (χ0) is 18.4. The first-order chi connectivity index (χ1) is 12.6. The third-order valence-electron chi connectivity index (χ3n) is 4.12. The molecule has 0 atom stereocenters. The highest BCUT2D eigenvalue weighted by atomic mass is 19.1. The van der Waals surface area contributed by atoms with E-state index in [1.807, 2.05) is 31.3 Å². The van der Waals surface area contributed by atoms with Crippen LogP contribution in [0.5, 0.6) is 0 Å². The van der Waals surface area contributed by atoms with Gasteiger partial charge in [-0.25, -0.2) is 14.2 Å². The van der Waals surface area contributed by atoms with Gasteiger partial charge >= 0.3 is 6.03 Å². The monoisotopic (exact) mass is 352 g/mol. The van der Waals surface area contributed by atoms with Gasteiger partial charge in [0.05, 0.1) is 0 Å². The van der Waals surface area contributed by atoms with Crippen molar-refractivity contribution >= 4 is 6.03 Å². The summed E-state index contributed by atoms with van der Waals surface area (Å²) < 4.78 is 15.6. The van der Waals surface area contributed by atoms with Crippen LogP contribution in [0.15, 0.2) is 60.9 Å². The molecule has 3 rings (SSSR count). The number of imidazole rings is 1. The summed E-state index contributed by atoms with van der Waals surface area (Å²) in [5, 5.41) is 5.46. The Labute approximate surface area is 151 Å². The van der Waals surface area contributed by atoms with E-state index in [1.54, 1.807) is 24.4 Å². The summed E-state index contributed by atoms with van der Waals surface area (Å²) in [7, 11) is 0. The molecule has 0 radical (unpaired) electrons. The van der Waals surface area contributed by atoms with Gasteiger partial charge < -0.3 is 15.2 Å². The minimum absolute atomic E-state index is 0.151. The average molecular weight is 352 g/mol. The molecule has 0 spiro atoms. The molecule has 0 aliphatic carbocycles. The normalized spacial score (nSPS) is 10.5. The number of rotatable bonds is 6. The molecule has 134 valence electrons.